The van der Waals surface area contributed by atoms with Crippen molar-refractivity contribution < 1.29 is 0 Å². The summed E-state index contributed by atoms with van der Waals surface area (Å²) in [6.45, 7) is 0. The molecule has 0 aromatic carbocycles. The van der Waals surface area contributed by atoms with Crippen molar-refractivity contribution in [2.75, 3.05) is 0 Å². The maximum absolute atomic E-state index is 1.66. The summed E-state index contributed by atoms with van der Waals surface area (Å²) in [6.07, 6.45) is 106. The van der Waals surface area contributed by atoms with Crippen molar-refractivity contribution in [2.45, 2.75) is 437 Å². The monoisotopic (exact) mass is 1270 g/mol. The van der Waals surface area contributed by atoms with Gasteiger partial charge in [0.2, 0.25) is 0 Å². The molecular formula is C92H160. The lowest BCUT2D eigenvalue weighted by molar-refractivity contribution is -0.0249. The molecule has 18 rings (SSSR count). The average Bonchev–Trinajstić information content (AvgIpc) is 1.58. The first-order chi connectivity index (χ1) is 45.6. The summed E-state index contributed by atoms with van der Waals surface area (Å²) in [5, 5.41) is 0. The van der Waals surface area contributed by atoms with Crippen molar-refractivity contribution in [3.05, 3.63) is 0 Å². The lowest BCUT2D eigenvalue weighted by Gasteiger charge is -2.52. The molecular weight excluding hydrogens is 1110 g/mol. The summed E-state index contributed by atoms with van der Waals surface area (Å²) < 4.78 is 0. The summed E-state index contributed by atoms with van der Waals surface area (Å²) in [7, 11) is 0. The van der Waals surface area contributed by atoms with Crippen molar-refractivity contribution in [1.29, 1.82) is 0 Å². The van der Waals surface area contributed by atoms with Gasteiger partial charge in [0.15, 0.2) is 0 Å². The second-order valence-electron chi connectivity index (χ2n) is 39.1. The predicted octanol–water partition coefficient (Wildman–Crippen LogP) is 29.5. The van der Waals surface area contributed by atoms with Crippen LogP contribution in [0.2, 0.25) is 0 Å². The van der Waals surface area contributed by atoms with Gasteiger partial charge >= 0.3 is 0 Å². The molecule has 0 radical (unpaired) electrons. The van der Waals surface area contributed by atoms with Crippen molar-refractivity contribution in [1.82, 2.24) is 0 Å². The van der Waals surface area contributed by atoms with E-state index >= 15 is 0 Å². The average molecular weight is 1270 g/mol. The highest BCUT2D eigenvalue weighted by Crippen LogP contribution is 2.63. The van der Waals surface area contributed by atoms with Crippen LogP contribution in [0.4, 0.5) is 0 Å². The highest BCUT2D eigenvalue weighted by Gasteiger charge is 2.55. The quantitative estimate of drug-likeness (QED) is 0.181. The van der Waals surface area contributed by atoms with Gasteiger partial charge in [-0.2, -0.15) is 0 Å². The van der Waals surface area contributed by atoms with Crippen LogP contribution in [0.5, 0.6) is 0 Å². The van der Waals surface area contributed by atoms with E-state index in [2.05, 4.69) is 0 Å². The zero-order chi connectivity index (χ0) is 61.9. The first-order valence-corrected chi connectivity index (χ1v) is 45.6. The van der Waals surface area contributed by atoms with Gasteiger partial charge < -0.3 is 0 Å². The number of unbranched alkanes of at least 4 members (excludes halogenated alkanes) is 4. The summed E-state index contributed by atoms with van der Waals surface area (Å²) >= 11 is 0. The minimum atomic E-state index is 1.11. The smallest absolute Gasteiger partial charge is 0.0349 e. The van der Waals surface area contributed by atoms with Crippen LogP contribution < -0.4 is 0 Å². The molecule has 18 fully saturated rings. The van der Waals surface area contributed by atoms with E-state index in [1.165, 1.54) is 193 Å². The molecule has 18 aliphatic carbocycles. The van der Waals surface area contributed by atoms with E-state index in [9.17, 15) is 0 Å². The first-order valence-electron chi connectivity index (χ1n) is 45.6. The molecule has 0 nitrogen and oxygen atoms in total. The fourth-order valence-corrected chi connectivity index (χ4v) is 29.6. The van der Waals surface area contributed by atoms with Gasteiger partial charge in [0.05, 0.1) is 0 Å². The fraction of sp³-hybridized carbons (Fsp3) is 1.00. The fourth-order valence-electron chi connectivity index (χ4n) is 29.6. The van der Waals surface area contributed by atoms with Crippen LogP contribution in [0.1, 0.15) is 437 Å². The molecule has 0 aromatic heterocycles. The molecule has 0 spiro atoms. The SMILES string of the molecule is C(CCCC1CCCCC1)CCCC1CCCCC1.C1CC2CCCC2C1.C1CCC(CC2CCC3CCCCC3C2)CC1.C1CCC2C(C1)CCC1C2CCC2C3CCCC3CC21.C1CCC2C(C1)CCC1CCCCC12.C1CCC2C(C1)CCC2C1CCCC1. The third-order valence-electron chi connectivity index (χ3n) is 34.2. The predicted molar refractivity (Wildman–Crippen MR) is 398 cm³/mol. The zero-order valence-electron chi connectivity index (χ0n) is 61.9. The second-order valence-corrected chi connectivity index (χ2v) is 39.1. The van der Waals surface area contributed by atoms with Crippen molar-refractivity contribution >= 4 is 0 Å². The normalized spacial score (nSPS) is 42.5. The lowest BCUT2D eigenvalue weighted by atomic mass is 9.53. The molecule has 0 bridgehead atoms. The minimum absolute atomic E-state index is 1.11. The van der Waals surface area contributed by atoms with Gasteiger partial charge in [-0.05, 0) is 251 Å². The van der Waals surface area contributed by atoms with Crippen LogP contribution in [-0.2, 0) is 0 Å². The molecule has 0 heteroatoms. The van der Waals surface area contributed by atoms with Gasteiger partial charge in [-0.1, -0.05) is 327 Å². The van der Waals surface area contributed by atoms with E-state index in [0.717, 1.165) is 65.1 Å². The van der Waals surface area contributed by atoms with Crippen LogP contribution in [-0.4, -0.2) is 0 Å². The molecule has 18 saturated carbocycles. The maximum atomic E-state index is 1.66. The van der Waals surface area contributed by atoms with Crippen molar-refractivity contribution in [2.24, 2.45) is 142 Å². The van der Waals surface area contributed by atoms with Crippen LogP contribution in [0.3, 0.4) is 0 Å². The summed E-state index contributed by atoms with van der Waals surface area (Å²) in [5.41, 5.74) is 0. The van der Waals surface area contributed by atoms with E-state index in [1.54, 1.807) is 321 Å². The highest BCUT2D eigenvalue weighted by molar-refractivity contribution is 5.04. The van der Waals surface area contributed by atoms with E-state index in [1.807, 2.05) is 0 Å². The Morgan fingerprint density at radius 2 is 0.402 bits per heavy atom. The standard InChI is InChI=1S/C20H32.C19H36.C17H30.2C14H24.C8H14/c1-2-6-15-13(4-1)8-9-19-17(15)10-11-18-16-7-3-5-14(16)12-20(18)19;1(2-6-12-18-14-8-4-9-15-18)3-7-13-19-16-10-5-11-17-19;1-2-6-14(7-3-1)12-15-10-11-16-8-4-5-9-17(16)13-15;1-3-7-13-11(5-1)9-10-12-6-2-4-8-14(12)13;1-2-6-11(5-1)14-10-9-12-7-3-4-8-13(12)14;1-3-7-5-2-6-8(7)4-1/h13-20H,1-12H2;18-19H,1-17H2;14-17H,1-13H2;2*11-14H,1-10H2;7-8H,1-6H2. The molecule has 0 saturated heterocycles. The Bertz CT molecular complexity index is 1900. The molecule has 18 aliphatic rings. The lowest BCUT2D eigenvalue weighted by Crippen LogP contribution is -2.44. The summed E-state index contributed by atoms with van der Waals surface area (Å²) in [6, 6.07) is 0. The number of hydrogen-bond donors (Lipinski definition) is 0. The molecule has 0 aromatic rings. The minimum Gasteiger partial charge on any atom is -0.0533 e. The maximum Gasteiger partial charge on any atom is -0.0349 e. The summed E-state index contributed by atoms with van der Waals surface area (Å²) in [5.74, 6) is 27.8. The topological polar surface area (TPSA) is 0 Å². The van der Waals surface area contributed by atoms with E-state index in [-0.39, 0.29) is 0 Å². The third kappa shape index (κ3) is 19.5. The molecule has 92 heavy (non-hydrogen) atoms. The van der Waals surface area contributed by atoms with Crippen LogP contribution in [0.15, 0.2) is 0 Å². The second kappa shape index (κ2) is 37.6. The Hall–Kier alpha value is 0. The Morgan fingerprint density at radius 1 is 0.130 bits per heavy atom. The summed E-state index contributed by atoms with van der Waals surface area (Å²) in [4.78, 5) is 0. The van der Waals surface area contributed by atoms with Gasteiger partial charge in [0, 0.05) is 0 Å². The molecule has 0 amide bonds. The molecule has 18 unspecified atom stereocenters. The molecule has 0 N–H and O–H groups in total. The first kappa shape index (κ1) is 70.4. The molecule has 0 heterocycles. The zero-order valence-corrected chi connectivity index (χ0v) is 61.9. The van der Waals surface area contributed by atoms with Gasteiger partial charge in [-0.25, -0.2) is 0 Å². The van der Waals surface area contributed by atoms with E-state index < -0.39 is 0 Å². The third-order valence-corrected chi connectivity index (χ3v) is 34.2. The van der Waals surface area contributed by atoms with Crippen molar-refractivity contribution in [3.8, 4) is 0 Å². The van der Waals surface area contributed by atoms with Gasteiger partial charge in [-0.3, -0.25) is 0 Å². The van der Waals surface area contributed by atoms with Gasteiger partial charge in [0.25, 0.3) is 0 Å². The van der Waals surface area contributed by atoms with E-state index in [4.69, 9.17) is 0 Å². The Labute approximate surface area is 575 Å². The molecule has 528 valence electrons. The van der Waals surface area contributed by atoms with Crippen LogP contribution >= 0.6 is 0 Å². The van der Waals surface area contributed by atoms with Crippen molar-refractivity contribution in [3.63, 3.8) is 0 Å². The molecule has 18 atom stereocenters. The van der Waals surface area contributed by atoms with E-state index in [0.29, 0.717) is 0 Å². The molecule has 0 aliphatic heterocycles. The van der Waals surface area contributed by atoms with Gasteiger partial charge in [0.1, 0.15) is 0 Å². The number of rotatable bonds is 11. The Kier molecular flexibility index (Phi) is 28.8. The largest absolute Gasteiger partial charge is 0.0533 e. The Morgan fingerprint density at radius 3 is 0.902 bits per heavy atom. The van der Waals surface area contributed by atoms with Gasteiger partial charge in [-0.15, -0.1) is 0 Å². The number of hydrogen-bond acceptors (Lipinski definition) is 0. The highest BCUT2D eigenvalue weighted by atomic mass is 14.6. The van der Waals surface area contributed by atoms with Crippen LogP contribution in [0.25, 0.3) is 0 Å². The Balaban J connectivity index is 0.000000102. The van der Waals surface area contributed by atoms with Crippen LogP contribution in [0, 0.1) is 142 Å². The number of fused-ring (bicyclic) bond motifs is 13.